The Bertz CT molecular complexity index is 379. The molecule has 78 valence electrons. The fourth-order valence-corrected chi connectivity index (χ4v) is 1.40. The van der Waals surface area contributed by atoms with Crippen LogP contribution < -0.4 is 10.2 Å². The molecule has 6 nitrogen and oxygen atoms in total. The third-order valence-electron chi connectivity index (χ3n) is 2.16. The average Bonchev–Trinajstić information content (AvgIpc) is 2.43. The van der Waals surface area contributed by atoms with Crippen LogP contribution in [0.1, 0.15) is 6.42 Å². The zero-order chi connectivity index (χ0) is 10.7. The standard InChI is InChI=1S/C9H10N4O2/c14-8-1-2-13(9(15)5-12-8)7-3-10-6-11-4-7/h3-4,6H,1-2,5H2,(H,12,14). The van der Waals surface area contributed by atoms with Crippen molar-refractivity contribution >= 4 is 17.5 Å². The number of nitrogens with zero attached hydrogens (tertiary/aromatic N) is 3. The number of aromatic nitrogens is 2. The van der Waals surface area contributed by atoms with Crippen molar-refractivity contribution < 1.29 is 9.59 Å². The Morgan fingerprint density at radius 3 is 2.73 bits per heavy atom. The first-order chi connectivity index (χ1) is 7.27. The van der Waals surface area contributed by atoms with E-state index in [9.17, 15) is 9.59 Å². The molecule has 1 fully saturated rings. The van der Waals surface area contributed by atoms with E-state index in [1.807, 2.05) is 0 Å². The molecule has 0 aromatic carbocycles. The summed E-state index contributed by atoms with van der Waals surface area (Å²) in [4.78, 5) is 31.9. The van der Waals surface area contributed by atoms with Crippen molar-refractivity contribution in [3.63, 3.8) is 0 Å². The van der Waals surface area contributed by atoms with Crippen molar-refractivity contribution in [1.29, 1.82) is 0 Å². The molecule has 0 aliphatic carbocycles. The Morgan fingerprint density at radius 2 is 2.00 bits per heavy atom. The van der Waals surface area contributed by atoms with Gasteiger partial charge in [0.15, 0.2) is 0 Å². The molecule has 0 unspecified atom stereocenters. The second-order valence-electron chi connectivity index (χ2n) is 3.17. The van der Waals surface area contributed by atoms with E-state index in [1.165, 1.54) is 11.2 Å². The van der Waals surface area contributed by atoms with Gasteiger partial charge >= 0.3 is 0 Å². The lowest BCUT2D eigenvalue weighted by atomic mass is 10.3. The number of carbonyl (C=O) groups excluding carboxylic acids is 2. The Kier molecular flexibility index (Phi) is 2.57. The number of rotatable bonds is 1. The van der Waals surface area contributed by atoms with E-state index in [4.69, 9.17) is 0 Å². The zero-order valence-corrected chi connectivity index (χ0v) is 8.01. The van der Waals surface area contributed by atoms with Gasteiger partial charge in [-0.05, 0) is 0 Å². The molecule has 0 atom stereocenters. The predicted molar refractivity (Wildman–Crippen MR) is 52.0 cm³/mol. The van der Waals surface area contributed by atoms with Crippen molar-refractivity contribution in [2.24, 2.45) is 0 Å². The molecule has 6 heteroatoms. The summed E-state index contributed by atoms with van der Waals surface area (Å²) in [6, 6.07) is 0. The molecule has 1 aliphatic heterocycles. The molecule has 1 N–H and O–H groups in total. The van der Waals surface area contributed by atoms with Crippen LogP contribution in [0.15, 0.2) is 18.7 Å². The summed E-state index contributed by atoms with van der Waals surface area (Å²) in [5.41, 5.74) is 0.624. The van der Waals surface area contributed by atoms with Gasteiger partial charge in [0.1, 0.15) is 6.33 Å². The minimum atomic E-state index is -0.143. The van der Waals surface area contributed by atoms with Crippen LogP contribution in [0, 0.1) is 0 Å². The maximum Gasteiger partial charge on any atom is 0.246 e. The molecular weight excluding hydrogens is 196 g/mol. The first-order valence-electron chi connectivity index (χ1n) is 4.59. The van der Waals surface area contributed by atoms with Gasteiger partial charge in [0.25, 0.3) is 0 Å². The maximum atomic E-state index is 11.6. The summed E-state index contributed by atoms with van der Waals surface area (Å²) in [6.45, 7) is 0.408. The van der Waals surface area contributed by atoms with Crippen LogP contribution in [-0.4, -0.2) is 34.9 Å². The van der Waals surface area contributed by atoms with E-state index in [2.05, 4.69) is 15.3 Å². The van der Waals surface area contributed by atoms with Gasteiger partial charge in [-0.3, -0.25) is 9.59 Å². The smallest absolute Gasteiger partial charge is 0.246 e. The lowest BCUT2D eigenvalue weighted by Gasteiger charge is -2.18. The molecule has 0 radical (unpaired) electrons. The van der Waals surface area contributed by atoms with E-state index in [0.717, 1.165) is 0 Å². The summed E-state index contributed by atoms with van der Waals surface area (Å²) in [5.74, 6) is -0.252. The van der Waals surface area contributed by atoms with Crippen LogP contribution in [0.25, 0.3) is 0 Å². The summed E-state index contributed by atoms with van der Waals surface area (Å²) >= 11 is 0. The van der Waals surface area contributed by atoms with Crippen LogP contribution in [0.5, 0.6) is 0 Å². The van der Waals surface area contributed by atoms with E-state index in [0.29, 0.717) is 18.7 Å². The molecule has 1 aliphatic rings. The highest BCUT2D eigenvalue weighted by Crippen LogP contribution is 2.12. The van der Waals surface area contributed by atoms with Crippen molar-refractivity contribution in [2.75, 3.05) is 18.0 Å². The van der Waals surface area contributed by atoms with Gasteiger partial charge in [0.05, 0.1) is 24.6 Å². The molecule has 0 saturated carbocycles. The summed E-state index contributed by atoms with van der Waals surface area (Å²) < 4.78 is 0. The highest BCUT2D eigenvalue weighted by molar-refractivity contribution is 5.98. The van der Waals surface area contributed by atoms with Gasteiger partial charge in [0.2, 0.25) is 11.8 Å². The van der Waals surface area contributed by atoms with Crippen LogP contribution in [0.2, 0.25) is 0 Å². The van der Waals surface area contributed by atoms with E-state index in [1.54, 1.807) is 12.4 Å². The molecule has 2 rings (SSSR count). The van der Waals surface area contributed by atoms with Crippen molar-refractivity contribution in [3.8, 4) is 0 Å². The molecule has 1 aromatic heterocycles. The SMILES string of the molecule is O=C1CCN(c2cncnc2)C(=O)CN1. The summed E-state index contributed by atoms with van der Waals surface area (Å²) in [6.07, 6.45) is 4.82. The van der Waals surface area contributed by atoms with Gasteiger partial charge in [-0.15, -0.1) is 0 Å². The predicted octanol–water partition coefficient (Wildman–Crippen LogP) is -0.670. The zero-order valence-electron chi connectivity index (χ0n) is 8.01. The van der Waals surface area contributed by atoms with Crippen LogP contribution in [0.4, 0.5) is 5.69 Å². The maximum absolute atomic E-state index is 11.6. The van der Waals surface area contributed by atoms with Crippen LogP contribution >= 0.6 is 0 Å². The highest BCUT2D eigenvalue weighted by atomic mass is 16.2. The number of carbonyl (C=O) groups is 2. The first-order valence-corrected chi connectivity index (χ1v) is 4.59. The summed E-state index contributed by atoms with van der Waals surface area (Å²) in [5, 5.41) is 2.52. The fourth-order valence-electron chi connectivity index (χ4n) is 1.40. The molecule has 15 heavy (non-hydrogen) atoms. The van der Waals surface area contributed by atoms with Gasteiger partial charge < -0.3 is 10.2 Å². The average molecular weight is 206 g/mol. The molecule has 2 heterocycles. The largest absolute Gasteiger partial charge is 0.347 e. The second kappa shape index (κ2) is 4.04. The van der Waals surface area contributed by atoms with Gasteiger partial charge in [-0.1, -0.05) is 0 Å². The van der Waals surface area contributed by atoms with Crippen molar-refractivity contribution in [3.05, 3.63) is 18.7 Å². The lowest BCUT2D eigenvalue weighted by Crippen LogP contribution is -2.35. The molecule has 2 amide bonds. The third-order valence-corrected chi connectivity index (χ3v) is 2.16. The normalized spacial score (nSPS) is 17.2. The van der Waals surface area contributed by atoms with Crippen LogP contribution in [-0.2, 0) is 9.59 Å². The van der Waals surface area contributed by atoms with E-state index < -0.39 is 0 Å². The van der Waals surface area contributed by atoms with Crippen LogP contribution in [0.3, 0.4) is 0 Å². The Hall–Kier alpha value is -1.98. The molecule has 0 spiro atoms. The molecule has 0 bridgehead atoms. The third kappa shape index (κ3) is 2.09. The molecule has 1 aromatic rings. The van der Waals surface area contributed by atoms with Crippen molar-refractivity contribution in [1.82, 2.24) is 15.3 Å². The van der Waals surface area contributed by atoms with Gasteiger partial charge in [-0.2, -0.15) is 0 Å². The minimum absolute atomic E-state index is 0.0354. The topological polar surface area (TPSA) is 75.2 Å². The summed E-state index contributed by atoms with van der Waals surface area (Å²) in [7, 11) is 0. The molecule has 1 saturated heterocycles. The number of anilines is 1. The second-order valence-corrected chi connectivity index (χ2v) is 3.17. The van der Waals surface area contributed by atoms with Gasteiger partial charge in [0, 0.05) is 13.0 Å². The first kappa shape index (κ1) is 9.57. The lowest BCUT2D eigenvalue weighted by molar-refractivity contribution is -0.123. The Balaban J connectivity index is 2.21. The van der Waals surface area contributed by atoms with E-state index in [-0.39, 0.29) is 18.4 Å². The Labute approximate surface area is 86.3 Å². The molecular formula is C9H10N4O2. The highest BCUT2D eigenvalue weighted by Gasteiger charge is 2.21. The quantitative estimate of drug-likeness (QED) is 0.661. The number of amides is 2. The van der Waals surface area contributed by atoms with Gasteiger partial charge in [-0.25, -0.2) is 9.97 Å². The van der Waals surface area contributed by atoms with Crippen molar-refractivity contribution in [2.45, 2.75) is 6.42 Å². The minimum Gasteiger partial charge on any atom is -0.347 e. The monoisotopic (exact) mass is 206 g/mol. The number of nitrogens with one attached hydrogen (secondary N) is 1. The number of hydrogen-bond acceptors (Lipinski definition) is 4. The van der Waals surface area contributed by atoms with E-state index >= 15 is 0 Å². The Morgan fingerprint density at radius 1 is 1.27 bits per heavy atom. The number of hydrogen-bond donors (Lipinski definition) is 1. The fraction of sp³-hybridized carbons (Fsp3) is 0.333.